The van der Waals surface area contributed by atoms with Crippen molar-refractivity contribution in [3.05, 3.63) is 18.0 Å². The number of carbonyl (C=O) groups excluding carboxylic acids is 2. The first kappa shape index (κ1) is 14.6. The molecule has 1 aromatic rings. The number of carbonyl (C=O) groups is 3. The van der Waals surface area contributed by atoms with Gasteiger partial charge in [-0.25, -0.2) is 14.5 Å². The van der Waals surface area contributed by atoms with Crippen LogP contribution in [0.15, 0.2) is 12.4 Å². The number of carboxylic acids is 1. The van der Waals surface area contributed by atoms with Gasteiger partial charge in [0.05, 0.1) is 12.6 Å². The number of imide groups is 1. The van der Waals surface area contributed by atoms with E-state index < -0.39 is 23.9 Å². The zero-order valence-corrected chi connectivity index (χ0v) is 12.3. The van der Waals surface area contributed by atoms with E-state index in [1.165, 1.54) is 0 Å². The van der Waals surface area contributed by atoms with Crippen molar-refractivity contribution >= 4 is 17.9 Å². The lowest BCUT2D eigenvalue weighted by molar-refractivity contribution is -0.158. The number of carboxylic acid groups (broad SMARTS) is 1. The normalized spacial score (nSPS) is 25.0. The van der Waals surface area contributed by atoms with Gasteiger partial charge in [-0.1, -0.05) is 0 Å². The first-order valence-electron chi connectivity index (χ1n) is 7.29. The molecule has 0 saturated carbocycles. The number of aromatic nitrogens is 2. The number of rotatable bonds is 2. The summed E-state index contributed by atoms with van der Waals surface area (Å²) in [6.45, 7) is 1.03. The minimum atomic E-state index is -1.13. The molecule has 2 atom stereocenters. The van der Waals surface area contributed by atoms with Crippen LogP contribution in [0, 0.1) is 0 Å². The second kappa shape index (κ2) is 5.43. The number of amides is 3. The molecule has 2 aliphatic heterocycles. The quantitative estimate of drug-likeness (QED) is 0.798. The summed E-state index contributed by atoms with van der Waals surface area (Å²) in [5.74, 6) is -1.37. The highest BCUT2D eigenvalue weighted by Crippen LogP contribution is 2.29. The van der Waals surface area contributed by atoms with Gasteiger partial charge in [0.15, 0.2) is 0 Å². The van der Waals surface area contributed by atoms with E-state index in [9.17, 15) is 14.4 Å². The van der Waals surface area contributed by atoms with Gasteiger partial charge in [-0.15, -0.1) is 0 Å². The van der Waals surface area contributed by atoms with E-state index in [4.69, 9.17) is 5.11 Å². The second-order valence-electron chi connectivity index (χ2n) is 5.84. The maximum absolute atomic E-state index is 12.4. The second-order valence-corrected chi connectivity index (χ2v) is 5.84. The van der Waals surface area contributed by atoms with E-state index in [0.717, 1.165) is 23.3 Å². The van der Waals surface area contributed by atoms with Gasteiger partial charge in [0.1, 0.15) is 6.04 Å². The zero-order chi connectivity index (χ0) is 15.9. The average molecular weight is 306 g/mol. The Hall–Kier alpha value is -2.38. The smallest absolute Gasteiger partial charge is 0.327 e. The molecule has 0 aromatic carbocycles. The van der Waals surface area contributed by atoms with Gasteiger partial charge in [-0.2, -0.15) is 5.10 Å². The number of nitrogens with zero attached hydrogens (tertiary/aromatic N) is 4. The average Bonchev–Trinajstić information content (AvgIpc) is 2.91. The summed E-state index contributed by atoms with van der Waals surface area (Å²) in [7, 11) is 1.84. The summed E-state index contributed by atoms with van der Waals surface area (Å²) in [6, 6.07) is -1.50. The van der Waals surface area contributed by atoms with Crippen LogP contribution in [0.2, 0.25) is 0 Å². The number of hydrogen-bond acceptors (Lipinski definition) is 4. The molecule has 0 radical (unpaired) electrons. The molecule has 0 bridgehead atoms. The van der Waals surface area contributed by atoms with Crippen LogP contribution in [0.1, 0.15) is 30.7 Å². The standard InChI is InChI=1S/C14H18N4O4/c1-16-7-10(6-15-16)9-3-2-4-17(8-9)14(22)18-11(13(20)21)5-12(18)19/h6-7,9,11H,2-5,8H2,1H3,(H,20,21)/t9?,11-/m0/s1. The lowest BCUT2D eigenvalue weighted by atomic mass is 9.92. The maximum atomic E-state index is 12.4. The molecule has 1 aromatic heterocycles. The SMILES string of the molecule is Cn1cc(C2CCCN(C(=O)N3C(=O)C[C@H]3C(=O)O)C2)cn1. The third-order valence-corrected chi connectivity index (χ3v) is 4.33. The summed E-state index contributed by atoms with van der Waals surface area (Å²) >= 11 is 0. The van der Waals surface area contributed by atoms with Crippen molar-refractivity contribution in [3.63, 3.8) is 0 Å². The van der Waals surface area contributed by atoms with E-state index in [1.54, 1.807) is 15.8 Å². The fraction of sp³-hybridized carbons (Fsp3) is 0.571. The molecule has 3 amide bonds. The molecule has 118 valence electrons. The van der Waals surface area contributed by atoms with Gasteiger partial charge < -0.3 is 10.0 Å². The van der Waals surface area contributed by atoms with E-state index in [-0.39, 0.29) is 12.3 Å². The number of hydrogen-bond donors (Lipinski definition) is 1. The Morgan fingerprint density at radius 1 is 1.41 bits per heavy atom. The fourth-order valence-electron chi connectivity index (χ4n) is 3.08. The Balaban J connectivity index is 1.70. The molecule has 0 aliphatic carbocycles. The summed E-state index contributed by atoms with van der Waals surface area (Å²) < 4.78 is 1.72. The van der Waals surface area contributed by atoms with E-state index in [2.05, 4.69) is 5.10 Å². The molecule has 22 heavy (non-hydrogen) atoms. The monoisotopic (exact) mass is 306 g/mol. The topological polar surface area (TPSA) is 95.7 Å². The van der Waals surface area contributed by atoms with Gasteiger partial charge in [0.25, 0.3) is 0 Å². The van der Waals surface area contributed by atoms with Crippen molar-refractivity contribution in [3.8, 4) is 0 Å². The van der Waals surface area contributed by atoms with Crippen molar-refractivity contribution in [2.24, 2.45) is 7.05 Å². The Morgan fingerprint density at radius 2 is 2.18 bits per heavy atom. The predicted octanol–water partition coefficient (Wildman–Crippen LogP) is 0.405. The third-order valence-electron chi connectivity index (χ3n) is 4.33. The van der Waals surface area contributed by atoms with Crippen LogP contribution in [0.5, 0.6) is 0 Å². The predicted molar refractivity (Wildman–Crippen MR) is 75.0 cm³/mol. The Morgan fingerprint density at radius 3 is 2.77 bits per heavy atom. The summed E-state index contributed by atoms with van der Waals surface area (Å²) in [4.78, 5) is 37.5. The van der Waals surface area contributed by atoms with Crippen molar-refractivity contribution in [1.29, 1.82) is 0 Å². The van der Waals surface area contributed by atoms with Crippen LogP contribution < -0.4 is 0 Å². The molecule has 0 spiro atoms. The van der Waals surface area contributed by atoms with Gasteiger partial charge in [0.2, 0.25) is 5.91 Å². The lowest BCUT2D eigenvalue weighted by Gasteiger charge is -2.41. The molecule has 8 nitrogen and oxygen atoms in total. The maximum Gasteiger partial charge on any atom is 0.327 e. The summed E-state index contributed by atoms with van der Waals surface area (Å²) in [5.41, 5.74) is 1.06. The highest BCUT2D eigenvalue weighted by atomic mass is 16.4. The number of piperidine rings is 1. The molecule has 1 unspecified atom stereocenters. The van der Waals surface area contributed by atoms with Gasteiger partial charge in [-0.3, -0.25) is 9.48 Å². The van der Waals surface area contributed by atoms with Crippen molar-refractivity contribution in [2.75, 3.05) is 13.1 Å². The number of likely N-dealkylation sites (tertiary alicyclic amines) is 2. The van der Waals surface area contributed by atoms with Crippen LogP contribution in [-0.4, -0.2) is 61.7 Å². The van der Waals surface area contributed by atoms with Gasteiger partial charge in [-0.05, 0) is 18.4 Å². The Labute approximate surface area is 127 Å². The van der Waals surface area contributed by atoms with Crippen LogP contribution >= 0.6 is 0 Å². The number of aliphatic carboxylic acids is 1. The van der Waals surface area contributed by atoms with Gasteiger partial charge >= 0.3 is 12.0 Å². The molecule has 3 heterocycles. The van der Waals surface area contributed by atoms with E-state index in [1.807, 2.05) is 13.2 Å². The molecule has 8 heteroatoms. The van der Waals surface area contributed by atoms with Crippen molar-refractivity contribution in [1.82, 2.24) is 19.6 Å². The summed E-state index contributed by atoms with van der Waals surface area (Å²) in [6.07, 6.45) is 5.39. The fourth-order valence-corrected chi connectivity index (χ4v) is 3.08. The van der Waals surface area contributed by atoms with E-state index in [0.29, 0.717) is 13.1 Å². The molecular weight excluding hydrogens is 288 g/mol. The molecular formula is C14H18N4O4. The van der Waals surface area contributed by atoms with Gasteiger partial charge in [0, 0.05) is 32.3 Å². The molecule has 1 N–H and O–H groups in total. The van der Waals surface area contributed by atoms with Crippen LogP contribution in [0.4, 0.5) is 4.79 Å². The lowest BCUT2D eigenvalue weighted by Crippen LogP contribution is -2.63. The highest BCUT2D eigenvalue weighted by molar-refractivity contribution is 6.05. The van der Waals surface area contributed by atoms with Crippen LogP contribution in [0.3, 0.4) is 0 Å². The Bertz CT molecular complexity index is 626. The van der Waals surface area contributed by atoms with E-state index >= 15 is 0 Å². The molecule has 2 saturated heterocycles. The number of β-lactam (4-membered cyclic amide) rings is 1. The molecule has 3 rings (SSSR count). The van der Waals surface area contributed by atoms with Crippen molar-refractivity contribution in [2.45, 2.75) is 31.2 Å². The minimum Gasteiger partial charge on any atom is -0.480 e. The van der Waals surface area contributed by atoms with Crippen LogP contribution in [0.25, 0.3) is 0 Å². The zero-order valence-electron chi connectivity index (χ0n) is 12.3. The molecule has 2 aliphatic rings. The summed E-state index contributed by atoms with van der Waals surface area (Å²) in [5, 5.41) is 13.2. The highest BCUT2D eigenvalue weighted by Gasteiger charge is 2.47. The molecule has 2 fully saturated rings. The number of aryl methyl sites for hydroxylation is 1. The minimum absolute atomic E-state index is 0.0963. The largest absolute Gasteiger partial charge is 0.480 e. The third kappa shape index (κ3) is 2.44. The van der Waals surface area contributed by atoms with Crippen molar-refractivity contribution < 1.29 is 19.5 Å². The van der Waals surface area contributed by atoms with Crippen LogP contribution in [-0.2, 0) is 16.6 Å². The number of urea groups is 1. The first-order chi connectivity index (χ1) is 10.5. The Kier molecular flexibility index (Phi) is 3.59. The first-order valence-corrected chi connectivity index (χ1v) is 7.29.